The minimum Gasteiger partial charge on any atom is -0.396 e. The first-order valence-corrected chi connectivity index (χ1v) is 4.89. The van der Waals surface area contributed by atoms with Crippen LogP contribution in [0.3, 0.4) is 0 Å². The first kappa shape index (κ1) is 11.4. The van der Waals surface area contributed by atoms with Crippen molar-refractivity contribution in [2.24, 2.45) is 0 Å². The fourth-order valence-electron chi connectivity index (χ4n) is 1.20. The van der Waals surface area contributed by atoms with Gasteiger partial charge in [0, 0.05) is 12.6 Å². The Morgan fingerprint density at radius 3 is 2.80 bits per heavy atom. The van der Waals surface area contributed by atoms with Gasteiger partial charge in [-0.2, -0.15) is 5.26 Å². The molecule has 0 aliphatic rings. The van der Waals surface area contributed by atoms with Gasteiger partial charge < -0.3 is 10.4 Å². The van der Waals surface area contributed by atoms with E-state index in [2.05, 4.69) is 15.3 Å². The molecule has 1 rings (SSSR count). The van der Waals surface area contributed by atoms with Crippen molar-refractivity contribution < 1.29 is 5.11 Å². The van der Waals surface area contributed by atoms with E-state index < -0.39 is 0 Å². The maximum Gasteiger partial charge on any atom is 0.158 e. The lowest BCUT2D eigenvalue weighted by Crippen LogP contribution is -2.20. The second kappa shape index (κ2) is 5.94. The van der Waals surface area contributed by atoms with Crippen LogP contribution in [-0.4, -0.2) is 27.7 Å². The number of nitrogens with one attached hydrogen (secondary N) is 1. The summed E-state index contributed by atoms with van der Waals surface area (Å²) in [5.74, 6) is 0.634. The van der Waals surface area contributed by atoms with Crippen LogP contribution in [0.2, 0.25) is 0 Å². The third kappa shape index (κ3) is 3.52. The maximum atomic E-state index is 8.81. The Balaban J connectivity index is 2.59. The molecule has 15 heavy (non-hydrogen) atoms. The van der Waals surface area contributed by atoms with Gasteiger partial charge in [0.25, 0.3) is 0 Å². The van der Waals surface area contributed by atoms with Crippen LogP contribution in [0.4, 0.5) is 5.82 Å². The third-order valence-electron chi connectivity index (χ3n) is 2.09. The first-order valence-electron chi connectivity index (χ1n) is 4.89. The summed E-state index contributed by atoms with van der Waals surface area (Å²) in [4.78, 5) is 7.94. The van der Waals surface area contributed by atoms with Gasteiger partial charge in [-0.25, -0.2) is 9.97 Å². The summed E-state index contributed by atoms with van der Waals surface area (Å²) >= 11 is 0. The van der Waals surface area contributed by atoms with Gasteiger partial charge in [-0.15, -0.1) is 0 Å². The predicted octanol–water partition coefficient (Wildman–Crippen LogP) is 0.921. The fourth-order valence-corrected chi connectivity index (χ4v) is 1.20. The number of anilines is 1. The summed E-state index contributed by atoms with van der Waals surface area (Å²) in [7, 11) is 0. The summed E-state index contributed by atoms with van der Waals surface area (Å²) < 4.78 is 0. The fraction of sp³-hybridized carbons (Fsp3) is 0.500. The molecule has 5 nitrogen and oxygen atoms in total. The van der Waals surface area contributed by atoms with Gasteiger partial charge >= 0.3 is 0 Å². The number of aromatic nitrogens is 2. The molecule has 5 heteroatoms. The van der Waals surface area contributed by atoms with Gasteiger partial charge in [0.15, 0.2) is 5.69 Å². The molecule has 0 spiro atoms. The topological polar surface area (TPSA) is 81.8 Å². The molecule has 0 aromatic carbocycles. The molecule has 0 saturated heterocycles. The van der Waals surface area contributed by atoms with Crippen molar-refractivity contribution in [3.05, 3.63) is 18.1 Å². The smallest absolute Gasteiger partial charge is 0.158 e. The van der Waals surface area contributed by atoms with Gasteiger partial charge in [-0.3, -0.25) is 0 Å². The molecule has 80 valence electrons. The number of nitriles is 1. The summed E-state index contributed by atoms with van der Waals surface area (Å²) in [6.45, 7) is 2.18. The average molecular weight is 206 g/mol. The van der Waals surface area contributed by atoms with Crippen molar-refractivity contribution in [3.63, 3.8) is 0 Å². The molecule has 1 aromatic heterocycles. The third-order valence-corrected chi connectivity index (χ3v) is 2.09. The van der Waals surface area contributed by atoms with E-state index in [1.165, 1.54) is 12.4 Å². The molecular weight excluding hydrogens is 192 g/mol. The Kier molecular flexibility index (Phi) is 4.51. The SMILES string of the molecule is CCC(CCO)Nc1cnc(C#N)cn1. The Bertz CT molecular complexity index is 330. The first-order chi connectivity index (χ1) is 7.30. The highest BCUT2D eigenvalue weighted by Crippen LogP contribution is 2.07. The Labute approximate surface area is 88.8 Å². The largest absolute Gasteiger partial charge is 0.396 e. The van der Waals surface area contributed by atoms with E-state index >= 15 is 0 Å². The lowest BCUT2D eigenvalue weighted by atomic mass is 10.1. The van der Waals surface area contributed by atoms with Gasteiger partial charge in [0.05, 0.1) is 12.4 Å². The van der Waals surface area contributed by atoms with Crippen LogP contribution < -0.4 is 5.32 Å². The molecule has 1 atom stereocenters. The molecule has 0 aliphatic heterocycles. The van der Waals surface area contributed by atoms with Gasteiger partial charge in [-0.05, 0) is 12.8 Å². The zero-order valence-electron chi connectivity index (χ0n) is 8.64. The van der Waals surface area contributed by atoms with Crippen LogP contribution in [0.25, 0.3) is 0 Å². The number of hydrogen-bond donors (Lipinski definition) is 2. The molecule has 0 radical (unpaired) electrons. The number of nitrogens with zero attached hydrogens (tertiary/aromatic N) is 3. The monoisotopic (exact) mass is 206 g/mol. The molecule has 0 saturated carbocycles. The Morgan fingerprint density at radius 2 is 2.33 bits per heavy atom. The van der Waals surface area contributed by atoms with Crippen molar-refractivity contribution in [3.8, 4) is 6.07 Å². The summed E-state index contributed by atoms with van der Waals surface area (Å²) in [5.41, 5.74) is 0.302. The van der Waals surface area contributed by atoms with E-state index in [0.29, 0.717) is 17.9 Å². The lowest BCUT2D eigenvalue weighted by molar-refractivity contribution is 0.278. The Hall–Kier alpha value is -1.67. The van der Waals surface area contributed by atoms with E-state index in [0.717, 1.165) is 6.42 Å². The predicted molar refractivity (Wildman–Crippen MR) is 56.2 cm³/mol. The van der Waals surface area contributed by atoms with E-state index in [1.54, 1.807) is 0 Å². The van der Waals surface area contributed by atoms with E-state index in [9.17, 15) is 0 Å². The number of hydrogen-bond acceptors (Lipinski definition) is 5. The standard InChI is InChI=1S/C10H14N4O/c1-2-8(3-4-15)14-10-7-12-9(5-11)6-13-10/h6-8,15H,2-4H2,1H3,(H,13,14). The summed E-state index contributed by atoms with van der Waals surface area (Å²) in [6.07, 6.45) is 4.53. The highest BCUT2D eigenvalue weighted by Gasteiger charge is 2.05. The zero-order valence-corrected chi connectivity index (χ0v) is 8.64. The van der Waals surface area contributed by atoms with Crippen molar-refractivity contribution in [2.75, 3.05) is 11.9 Å². The molecule has 0 bridgehead atoms. The van der Waals surface area contributed by atoms with E-state index in [-0.39, 0.29) is 12.6 Å². The normalized spacial score (nSPS) is 11.8. The quantitative estimate of drug-likeness (QED) is 0.748. The minimum absolute atomic E-state index is 0.148. The minimum atomic E-state index is 0.148. The van der Waals surface area contributed by atoms with Crippen LogP contribution in [0, 0.1) is 11.3 Å². The average Bonchev–Trinajstić information content (AvgIpc) is 2.29. The van der Waals surface area contributed by atoms with Crippen LogP contribution in [0.15, 0.2) is 12.4 Å². The number of rotatable bonds is 5. The van der Waals surface area contributed by atoms with E-state index in [1.807, 2.05) is 13.0 Å². The molecular formula is C10H14N4O. The molecule has 1 aromatic rings. The Morgan fingerprint density at radius 1 is 1.53 bits per heavy atom. The molecule has 1 heterocycles. The van der Waals surface area contributed by atoms with Gasteiger partial charge in [-0.1, -0.05) is 6.92 Å². The zero-order chi connectivity index (χ0) is 11.1. The number of aliphatic hydroxyl groups excluding tert-OH is 1. The van der Waals surface area contributed by atoms with Crippen molar-refractivity contribution in [2.45, 2.75) is 25.8 Å². The second-order valence-corrected chi connectivity index (χ2v) is 3.16. The highest BCUT2D eigenvalue weighted by molar-refractivity contribution is 5.34. The van der Waals surface area contributed by atoms with Gasteiger partial charge in [0.2, 0.25) is 0 Å². The molecule has 0 aliphatic carbocycles. The molecule has 0 fully saturated rings. The molecule has 2 N–H and O–H groups in total. The summed E-state index contributed by atoms with van der Waals surface area (Å²) in [6, 6.07) is 2.10. The number of aliphatic hydroxyl groups is 1. The van der Waals surface area contributed by atoms with Gasteiger partial charge in [0.1, 0.15) is 11.9 Å². The van der Waals surface area contributed by atoms with E-state index in [4.69, 9.17) is 10.4 Å². The van der Waals surface area contributed by atoms with Crippen LogP contribution >= 0.6 is 0 Å². The van der Waals surface area contributed by atoms with Crippen LogP contribution in [-0.2, 0) is 0 Å². The van der Waals surface area contributed by atoms with Crippen molar-refractivity contribution in [1.82, 2.24) is 9.97 Å². The second-order valence-electron chi connectivity index (χ2n) is 3.16. The van der Waals surface area contributed by atoms with Crippen LogP contribution in [0.1, 0.15) is 25.5 Å². The van der Waals surface area contributed by atoms with Crippen molar-refractivity contribution >= 4 is 5.82 Å². The lowest BCUT2D eigenvalue weighted by Gasteiger charge is -2.15. The highest BCUT2D eigenvalue weighted by atomic mass is 16.3. The van der Waals surface area contributed by atoms with Crippen molar-refractivity contribution in [1.29, 1.82) is 5.26 Å². The molecule has 1 unspecified atom stereocenters. The maximum absolute atomic E-state index is 8.81. The molecule has 0 amide bonds. The van der Waals surface area contributed by atoms with Crippen LogP contribution in [0.5, 0.6) is 0 Å². The summed E-state index contributed by atoms with van der Waals surface area (Å²) in [5, 5.41) is 20.5.